The Labute approximate surface area is 134 Å². The van der Waals surface area contributed by atoms with E-state index < -0.39 is 59.3 Å². The quantitative estimate of drug-likeness (QED) is 0.698. The minimum atomic E-state index is -3.83. The number of hydrogen-bond acceptors (Lipinski definition) is 6. The summed E-state index contributed by atoms with van der Waals surface area (Å²) in [5.41, 5.74) is -2.83. The molecule has 0 atom stereocenters. The summed E-state index contributed by atoms with van der Waals surface area (Å²) in [5.74, 6) is -3.50. The summed E-state index contributed by atoms with van der Waals surface area (Å²) in [6.45, 7) is 3.22. The zero-order valence-corrected chi connectivity index (χ0v) is 14.2. The van der Waals surface area contributed by atoms with Gasteiger partial charge in [-0.05, 0) is 20.8 Å². The number of carbonyl (C=O) groups is 1. The number of rotatable bonds is 5. The molecular weight excluding hydrogens is 334 g/mol. The van der Waals surface area contributed by atoms with E-state index >= 15 is 0 Å². The molecule has 0 radical (unpaired) electrons. The fourth-order valence-corrected chi connectivity index (χ4v) is 2.39. The molecule has 7 nitrogen and oxygen atoms in total. The second kappa shape index (κ2) is 6.20. The predicted octanol–water partition coefficient (Wildman–Crippen LogP) is 1.75. The number of nitriles is 1. The van der Waals surface area contributed by atoms with Gasteiger partial charge in [-0.2, -0.15) is 13.7 Å². The van der Waals surface area contributed by atoms with E-state index in [0.29, 0.717) is 0 Å². The van der Waals surface area contributed by atoms with Crippen molar-refractivity contribution in [1.82, 2.24) is 4.90 Å². The van der Waals surface area contributed by atoms with Crippen LogP contribution in [0.1, 0.15) is 27.2 Å². The molecule has 0 N–H and O–H groups in total. The molecule has 1 fully saturated rings. The first-order valence-electron chi connectivity index (χ1n) is 6.83. The number of halogens is 2. The van der Waals surface area contributed by atoms with Gasteiger partial charge in [0, 0.05) is 6.42 Å². The van der Waals surface area contributed by atoms with Gasteiger partial charge in [0.25, 0.3) is 16.0 Å². The van der Waals surface area contributed by atoms with E-state index in [1.807, 2.05) is 0 Å². The van der Waals surface area contributed by atoms with Crippen LogP contribution >= 0.6 is 0 Å². The van der Waals surface area contributed by atoms with Gasteiger partial charge in [0.15, 0.2) is 5.41 Å². The average molecular weight is 354 g/mol. The lowest BCUT2D eigenvalue weighted by molar-refractivity contribution is -0.162. The van der Waals surface area contributed by atoms with E-state index in [1.54, 1.807) is 26.8 Å². The van der Waals surface area contributed by atoms with Crippen LogP contribution in [0.3, 0.4) is 0 Å². The molecule has 132 valence electrons. The Morgan fingerprint density at radius 3 is 2.26 bits per heavy atom. The molecule has 1 aliphatic heterocycles. The third-order valence-corrected chi connectivity index (χ3v) is 3.80. The maximum atomic E-state index is 14.2. The molecule has 0 aromatic carbocycles. The van der Waals surface area contributed by atoms with Crippen LogP contribution in [0.15, 0.2) is 0 Å². The van der Waals surface area contributed by atoms with E-state index in [0.717, 1.165) is 11.2 Å². The van der Waals surface area contributed by atoms with Gasteiger partial charge in [-0.15, -0.1) is 0 Å². The molecule has 0 aromatic rings. The molecule has 0 saturated carbocycles. The molecule has 0 spiro atoms. The first-order valence-corrected chi connectivity index (χ1v) is 8.64. The number of carbonyl (C=O) groups excluding carboxylic acids is 1. The summed E-state index contributed by atoms with van der Waals surface area (Å²) in [6.07, 6.45) is -0.958. The van der Waals surface area contributed by atoms with Crippen molar-refractivity contribution < 1.29 is 30.9 Å². The SMILES string of the molecule is CC(C)(C)OC(=O)N1CC(C#N)(C(F)(F)CCOS(C)(=O)=O)C1. The molecule has 0 aliphatic carbocycles. The third-order valence-electron chi connectivity index (χ3n) is 3.20. The highest BCUT2D eigenvalue weighted by Crippen LogP contribution is 2.46. The van der Waals surface area contributed by atoms with E-state index in [4.69, 9.17) is 10.00 Å². The molecule has 0 aromatic heterocycles. The van der Waals surface area contributed by atoms with Crippen molar-refractivity contribution >= 4 is 16.2 Å². The van der Waals surface area contributed by atoms with Crippen LogP contribution in [0, 0.1) is 16.7 Å². The molecular formula is C13H20F2N2O5S. The Balaban J connectivity index is 2.67. The first-order chi connectivity index (χ1) is 10.2. The third kappa shape index (κ3) is 5.00. The van der Waals surface area contributed by atoms with Crippen LogP contribution in [0.2, 0.25) is 0 Å². The standard InChI is InChI=1S/C13H20F2N2O5S/c1-11(2,3)22-10(18)17-8-12(7-16,9-17)13(14,15)5-6-21-23(4,19)20/h5-6,8-9H2,1-4H3. The van der Waals surface area contributed by atoms with Crippen molar-refractivity contribution in [2.45, 2.75) is 38.7 Å². The first kappa shape index (κ1) is 19.6. The highest BCUT2D eigenvalue weighted by atomic mass is 32.2. The van der Waals surface area contributed by atoms with E-state index in [-0.39, 0.29) is 0 Å². The molecule has 1 heterocycles. The predicted molar refractivity (Wildman–Crippen MR) is 76.2 cm³/mol. The van der Waals surface area contributed by atoms with E-state index in [2.05, 4.69) is 4.18 Å². The lowest BCUT2D eigenvalue weighted by atomic mass is 9.74. The second-order valence-corrected chi connectivity index (χ2v) is 8.15. The Morgan fingerprint density at radius 1 is 1.35 bits per heavy atom. The Morgan fingerprint density at radius 2 is 1.87 bits per heavy atom. The van der Waals surface area contributed by atoms with Gasteiger partial charge in [-0.25, -0.2) is 13.6 Å². The van der Waals surface area contributed by atoms with Crippen molar-refractivity contribution in [2.75, 3.05) is 26.0 Å². The zero-order valence-electron chi connectivity index (χ0n) is 13.4. The molecule has 1 amide bonds. The maximum absolute atomic E-state index is 14.2. The maximum Gasteiger partial charge on any atom is 0.410 e. The summed E-state index contributed by atoms with van der Waals surface area (Å²) in [5, 5.41) is 9.10. The van der Waals surface area contributed by atoms with Crippen LogP contribution in [0.5, 0.6) is 0 Å². The molecule has 0 bridgehead atoms. The van der Waals surface area contributed by atoms with Crippen LogP contribution < -0.4 is 0 Å². The van der Waals surface area contributed by atoms with Gasteiger partial charge < -0.3 is 9.64 Å². The van der Waals surface area contributed by atoms with Crippen LogP contribution in [-0.4, -0.2) is 56.9 Å². The number of ether oxygens (including phenoxy) is 1. The molecule has 1 saturated heterocycles. The molecule has 1 rings (SSSR count). The van der Waals surface area contributed by atoms with Crippen molar-refractivity contribution in [2.24, 2.45) is 5.41 Å². The fourth-order valence-electron chi connectivity index (χ4n) is 2.01. The summed E-state index contributed by atoms with van der Waals surface area (Å²) in [4.78, 5) is 12.8. The van der Waals surface area contributed by atoms with Crippen molar-refractivity contribution in [3.8, 4) is 6.07 Å². The minimum Gasteiger partial charge on any atom is -0.444 e. The summed E-state index contributed by atoms with van der Waals surface area (Å²) < 4.78 is 59.3. The Kier molecular flexibility index (Phi) is 5.28. The normalized spacial score (nSPS) is 18.0. The molecule has 0 unspecified atom stereocenters. The number of nitrogens with zero attached hydrogens (tertiary/aromatic N) is 2. The number of hydrogen-bond donors (Lipinski definition) is 0. The van der Waals surface area contributed by atoms with Gasteiger partial charge in [-0.1, -0.05) is 0 Å². The van der Waals surface area contributed by atoms with Gasteiger partial charge in [0.2, 0.25) is 0 Å². The van der Waals surface area contributed by atoms with Crippen molar-refractivity contribution in [3.05, 3.63) is 0 Å². The van der Waals surface area contributed by atoms with Crippen molar-refractivity contribution in [3.63, 3.8) is 0 Å². The van der Waals surface area contributed by atoms with E-state index in [1.165, 1.54) is 0 Å². The number of amides is 1. The second-order valence-electron chi connectivity index (χ2n) is 6.51. The number of alkyl halides is 2. The topological polar surface area (TPSA) is 96.7 Å². The fraction of sp³-hybridized carbons (Fsp3) is 0.846. The van der Waals surface area contributed by atoms with Crippen LogP contribution in [-0.2, 0) is 19.0 Å². The average Bonchev–Trinajstić information content (AvgIpc) is 2.22. The van der Waals surface area contributed by atoms with Crippen LogP contribution in [0.25, 0.3) is 0 Å². The monoisotopic (exact) mass is 354 g/mol. The Hall–Kier alpha value is -1.47. The van der Waals surface area contributed by atoms with E-state index in [9.17, 15) is 22.0 Å². The molecule has 10 heteroatoms. The minimum absolute atomic E-state index is 0.482. The molecule has 1 aliphatic rings. The van der Waals surface area contributed by atoms with Gasteiger partial charge in [0.1, 0.15) is 5.60 Å². The largest absolute Gasteiger partial charge is 0.444 e. The smallest absolute Gasteiger partial charge is 0.410 e. The van der Waals surface area contributed by atoms with Gasteiger partial charge in [-0.3, -0.25) is 4.18 Å². The highest BCUT2D eigenvalue weighted by molar-refractivity contribution is 7.85. The summed E-state index contributed by atoms with van der Waals surface area (Å²) >= 11 is 0. The number of likely N-dealkylation sites (tertiary alicyclic amines) is 1. The van der Waals surface area contributed by atoms with Crippen LogP contribution in [0.4, 0.5) is 13.6 Å². The van der Waals surface area contributed by atoms with Gasteiger partial charge in [0.05, 0.1) is 32.0 Å². The zero-order chi connectivity index (χ0) is 18.1. The summed E-state index contributed by atoms with van der Waals surface area (Å²) in [6, 6.07) is 1.55. The summed E-state index contributed by atoms with van der Waals surface area (Å²) in [7, 11) is -3.83. The van der Waals surface area contributed by atoms with Crippen molar-refractivity contribution in [1.29, 1.82) is 5.26 Å². The highest BCUT2D eigenvalue weighted by Gasteiger charge is 2.62. The Bertz CT molecular complexity index is 601. The molecule has 23 heavy (non-hydrogen) atoms. The lowest BCUT2D eigenvalue weighted by Gasteiger charge is -2.48. The van der Waals surface area contributed by atoms with Gasteiger partial charge >= 0.3 is 6.09 Å². The lowest BCUT2D eigenvalue weighted by Crippen LogP contribution is -2.66.